The Labute approximate surface area is 105 Å². The van der Waals surface area contributed by atoms with Crippen molar-refractivity contribution in [2.45, 2.75) is 19.4 Å². The number of nitro benzene ring substituents is 1. The van der Waals surface area contributed by atoms with Crippen molar-refractivity contribution in [1.29, 1.82) is 0 Å². The molecule has 1 N–H and O–H groups in total. The van der Waals surface area contributed by atoms with Crippen molar-refractivity contribution in [3.05, 3.63) is 39.9 Å². The van der Waals surface area contributed by atoms with E-state index < -0.39 is 11.0 Å². The van der Waals surface area contributed by atoms with Gasteiger partial charge in [-0.1, -0.05) is 12.1 Å². The van der Waals surface area contributed by atoms with E-state index in [4.69, 9.17) is 0 Å². The number of hydrogen-bond acceptors (Lipinski definition) is 4. The van der Waals surface area contributed by atoms with Gasteiger partial charge in [0.1, 0.15) is 0 Å². The third-order valence-electron chi connectivity index (χ3n) is 2.44. The van der Waals surface area contributed by atoms with Crippen LogP contribution in [0, 0.1) is 10.1 Å². The molecular formula is C12H16N2O4. The number of non-ortho nitro benzene ring substituents is 1. The molecule has 0 radical (unpaired) electrons. The van der Waals surface area contributed by atoms with Crippen molar-refractivity contribution < 1.29 is 14.8 Å². The summed E-state index contributed by atoms with van der Waals surface area (Å²) in [5.41, 5.74) is 0.560. The van der Waals surface area contributed by atoms with Crippen LogP contribution < -0.4 is 0 Å². The highest BCUT2D eigenvalue weighted by Gasteiger charge is 2.13. The van der Waals surface area contributed by atoms with Gasteiger partial charge >= 0.3 is 0 Å². The molecule has 1 aromatic carbocycles. The molecular weight excluding hydrogens is 236 g/mol. The second kappa shape index (κ2) is 6.11. The zero-order valence-electron chi connectivity index (χ0n) is 10.4. The summed E-state index contributed by atoms with van der Waals surface area (Å²) in [6.07, 6.45) is -0.505. The van der Waals surface area contributed by atoms with Crippen LogP contribution in [0.2, 0.25) is 0 Å². The first-order valence-electron chi connectivity index (χ1n) is 5.55. The number of carbonyl (C=O) groups is 1. The lowest BCUT2D eigenvalue weighted by molar-refractivity contribution is -0.384. The molecule has 0 saturated carbocycles. The fourth-order valence-electron chi connectivity index (χ4n) is 1.59. The third kappa shape index (κ3) is 4.14. The topological polar surface area (TPSA) is 83.7 Å². The number of aliphatic hydroxyl groups excluding tert-OH is 1. The number of carbonyl (C=O) groups excluding carboxylic acids is 1. The molecule has 1 amide bonds. The fourth-order valence-corrected chi connectivity index (χ4v) is 1.59. The van der Waals surface area contributed by atoms with Crippen LogP contribution in [-0.2, 0) is 11.2 Å². The Bertz CT molecular complexity index is 445. The molecule has 1 unspecified atom stereocenters. The van der Waals surface area contributed by atoms with E-state index in [-0.39, 0.29) is 24.6 Å². The minimum atomic E-state index is -0.593. The number of hydrogen-bond donors (Lipinski definition) is 1. The van der Waals surface area contributed by atoms with Gasteiger partial charge in [0, 0.05) is 25.7 Å². The average molecular weight is 252 g/mol. The van der Waals surface area contributed by atoms with Gasteiger partial charge in [-0.3, -0.25) is 14.9 Å². The Morgan fingerprint density at radius 3 is 2.78 bits per heavy atom. The summed E-state index contributed by atoms with van der Waals surface area (Å²) in [4.78, 5) is 23.3. The first kappa shape index (κ1) is 14.1. The van der Waals surface area contributed by atoms with Gasteiger partial charge in [0.2, 0.25) is 5.91 Å². The summed E-state index contributed by atoms with van der Waals surface area (Å²) in [7, 11) is 1.59. The number of benzene rings is 1. The lowest BCUT2D eigenvalue weighted by Crippen LogP contribution is -2.34. The van der Waals surface area contributed by atoms with Crippen molar-refractivity contribution >= 4 is 11.6 Å². The molecule has 6 nitrogen and oxygen atoms in total. The van der Waals surface area contributed by atoms with Gasteiger partial charge in [0.05, 0.1) is 17.4 Å². The molecule has 18 heavy (non-hydrogen) atoms. The van der Waals surface area contributed by atoms with Crippen LogP contribution in [0.15, 0.2) is 24.3 Å². The SMILES string of the molecule is CC(O)CN(C)C(=O)Cc1cccc([N+](=O)[O-])c1. The first-order valence-corrected chi connectivity index (χ1v) is 5.55. The van der Waals surface area contributed by atoms with E-state index in [1.165, 1.54) is 17.0 Å². The Morgan fingerprint density at radius 2 is 2.22 bits per heavy atom. The Kier molecular flexibility index (Phi) is 4.79. The molecule has 0 heterocycles. The predicted octanol–water partition coefficient (Wildman–Crippen LogP) is 0.976. The molecule has 6 heteroatoms. The van der Waals surface area contributed by atoms with E-state index in [1.54, 1.807) is 26.1 Å². The second-order valence-corrected chi connectivity index (χ2v) is 4.23. The van der Waals surface area contributed by atoms with E-state index in [0.717, 1.165) is 0 Å². The normalized spacial score (nSPS) is 11.9. The molecule has 0 aliphatic carbocycles. The largest absolute Gasteiger partial charge is 0.392 e. The fraction of sp³-hybridized carbons (Fsp3) is 0.417. The Balaban J connectivity index is 2.70. The van der Waals surface area contributed by atoms with Crippen LogP contribution in [0.1, 0.15) is 12.5 Å². The van der Waals surface area contributed by atoms with Crippen molar-refractivity contribution in [2.24, 2.45) is 0 Å². The van der Waals surface area contributed by atoms with Gasteiger partial charge in [0.25, 0.3) is 5.69 Å². The van der Waals surface area contributed by atoms with E-state index in [0.29, 0.717) is 5.56 Å². The highest BCUT2D eigenvalue weighted by atomic mass is 16.6. The van der Waals surface area contributed by atoms with Gasteiger partial charge in [0.15, 0.2) is 0 Å². The van der Waals surface area contributed by atoms with Crippen molar-refractivity contribution in [3.8, 4) is 0 Å². The van der Waals surface area contributed by atoms with Crippen molar-refractivity contribution in [1.82, 2.24) is 4.90 Å². The summed E-state index contributed by atoms with van der Waals surface area (Å²) in [6.45, 7) is 1.84. The number of amides is 1. The molecule has 98 valence electrons. The molecule has 0 bridgehead atoms. The van der Waals surface area contributed by atoms with Gasteiger partial charge in [-0.2, -0.15) is 0 Å². The Morgan fingerprint density at radius 1 is 1.56 bits per heavy atom. The molecule has 0 aliphatic heterocycles. The highest BCUT2D eigenvalue weighted by molar-refractivity contribution is 5.78. The lowest BCUT2D eigenvalue weighted by Gasteiger charge is -2.18. The predicted molar refractivity (Wildman–Crippen MR) is 66.1 cm³/mol. The maximum absolute atomic E-state index is 11.8. The molecule has 1 rings (SSSR count). The number of nitro groups is 1. The molecule has 0 aliphatic rings. The van der Waals surface area contributed by atoms with Gasteiger partial charge in [-0.05, 0) is 12.5 Å². The van der Waals surface area contributed by atoms with Gasteiger partial charge in [-0.25, -0.2) is 0 Å². The zero-order chi connectivity index (χ0) is 13.7. The number of rotatable bonds is 5. The summed E-state index contributed by atoms with van der Waals surface area (Å²) < 4.78 is 0. The maximum Gasteiger partial charge on any atom is 0.269 e. The van der Waals surface area contributed by atoms with E-state index in [2.05, 4.69) is 0 Å². The number of likely N-dealkylation sites (N-methyl/N-ethyl adjacent to an activating group) is 1. The van der Waals surface area contributed by atoms with Gasteiger partial charge < -0.3 is 10.0 Å². The standard InChI is InChI=1S/C12H16N2O4/c1-9(15)8-13(2)12(16)7-10-4-3-5-11(6-10)14(17)18/h3-6,9,15H,7-8H2,1-2H3. The minimum Gasteiger partial charge on any atom is -0.392 e. The zero-order valence-corrected chi connectivity index (χ0v) is 10.4. The van der Waals surface area contributed by atoms with Gasteiger partial charge in [-0.15, -0.1) is 0 Å². The molecule has 1 atom stereocenters. The van der Waals surface area contributed by atoms with Crippen LogP contribution in [0.4, 0.5) is 5.69 Å². The van der Waals surface area contributed by atoms with Crippen molar-refractivity contribution in [2.75, 3.05) is 13.6 Å². The smallest absolute Gasteiger partial charge is 0.269 e. The highest BCUT2D eigenvalue weighted by Crippen LogP contribution is 2.14. The van der Waals surface area contributed by atoms with E-state index in [9.17, 15) is 20.0 Å². The second-order valence-electron chi connectivity index (χ2n) is 4.23. The minimum absolute atomic E-state index is 0.0292. The first-order chi connectivity index (χ1) is 8.40. The molecule has 0 saturated heterocycles. The quantitative estimate of drug-likeness (QED) is 0.625. The summed E-state index contributed by atoms with van der Waals surface area (Å²) in [6, 6.07) is 5.98. The van der Waals surface area contributed by atoms with Crippen LogP contribution in [0.5, 0.6) is 0 Å². The average Bonchev–Trinajstić information content (AvgIpc) is 2.28. The van der Waals surface area contributed by atoms with E-state index >= 15 is 0 Å². The number of aliphatic hydroxyl groups is 1. The lowest BCUT2D eigenvalue weighted by atomic mass is 10.1. The summed E-state index contributed by atoms with van der Waals surface area (Å²) in [5, 5.41) is 19.8. The van der Waals surface area contributed by atoms with Crippen LogP contribution in [0.3, 0.4) is 0 Å². The molecule has 0 fully saturated rings. The van der Waals surface area contributed by atoms with Crippen molar-refractivity contribution in [3.63, 3.8) is 0 Å². The van der Waals surface area contributed by atoms with Crippen LogP contribution in [-0.4, -0.2) is 40.5 Å². The number of nitrogens with zero attached hydrogens (tertiary/aromatic N) is 2. The molecule has 0 aromatic heterocycles. The molecule has 0 spiro atoms. The maximum atomic E-state index is 11.8. The monoisotopic (exact) mass is 252 g/mol. The summed E-state index contributed by atoms with van der Waals surface area (Å²) in [5.74, 6) is -0.184. The van der Waals surface area contributed by atoms with Crippen LogP contribution in [0.25, 0.3) is 0 Å². The Hall–Kier alpha value is -1.95. The molecule has 1 aromatic rings. The third-order valence-corrected chi connectivity index (χ3v) is 2.44. The van der Waals surface area contributed by atoms with Crippen LogP contribution >= 0.6 is 0 Å². The van der Waals surface area contributed by atoms with E-state index in [1.807, 2.05) is 0 Å². The summed E-state index contributed by atoms with van der Waals surface area (Å²) >= 11 is 0.